The number of rotatable bonds is 2. The van der Waals surface area contributed by atoms with Crippen LogP contribution in [0.2, 0.25) is 5.02 Å². The highest BCUT2D eigenvalue weighted by molar-refractivity contribution is 7.15. The van der Waals surface area contributed by atoms with Crippen molar-refractivity contribution in [1.82, 2.24) is 14.3 Å². The van der Waals surface area contributed by atoms with Gasteiger partial charge in [0.15, 0.2) is 4.96 Å². The van der Waals surface area contributed by atoms with Crippen molar-refractivity contribution in [1.29, 1.82) is 0 Å². The number of amides is 1. The monoisotopic (exact) mass is 345 g/mol. The summed E-state index contributed by atoms with van der Waals surface area (Å²) in [5.74, 6) is 0.588. The van der Waals surface area contributed by atoms with Gasteiger partial charge in [0.2, 0.25) is 0 Å². The van der Waals surface area contributed by atoms with Crippen LogP contribution in [0.1, 0.15) is 34.8 Å². The molecule has 6 heteroatoms. The molecule has 1 saturated heterocycles. The van der Waals surface area contributed by atoms with E-state index in [0.29, 0.717) is 16.5 Å². The van der Waals surface area contributed by atoms with E-state index in [1.807, 2.05) is 17.3 Å². The van der Waals surface area contributed by atoms with Crippen LogP contribution in [-0.2, 0) is 0 Å². The van der Waals surface area contributed by atoms with Gasteiger partial charge in [-0.15, -0.1) is 11.3 Å². The van der Waals surface area contributed by atoms with Gasteiger partial charge in [0.1, 0.15) is 0 Å². The summed E-state index contributed by atoms with van der Waals surface area (Å²) in [5, 5.41) is 2.85. The molecule has 0 spiro atoms. The number of likely N-dealkylation sites (tertiary alicyclic amines) is 1. The lowest BCUT2D eigenvalue weighted by Gasteiger charge is -2.32. The molecule has 1 aliphatic rings. The number of carbonyl (C=O) groups excluding carboxylic acids is 1. The summed E-state index contributed by atoms with van der Waals surface area (Å²) in [6, 6.07) is 7.13. The minimum absolute atomic E-state index is 0.0956. The normalized spacial score (nSPS) is 16.1. The number of thiazole rings is 1. The number of piperidine rings is 1. The number of imidazole rings is 1. The van der Waals surface area contributed by atoms with E-state index in [9.17, 15) is 4.79 Å². The first-order valence-electron chi connectivity index (χ1n) is 7.67. The van der Waals surface area contributed by atoms with E-state index in [-0.39, 0.29) is 5.91 Å². The first kappa shape index (κ1) is 14.7. The topological polar surface area (TPSA) is 37.6 Å². The van der Waals surface area contributed by atoms with Crippen LogP contribution in [0.15, 0.2) is 42.0 Å². The fourth-order valence-electron chi connectivity index (χ4n) is 3.19. The predicted molar refractivity (Wildman–Crippen MR) is 92.4 cm³/mol. The zero-order valence-corrected chi connectivity index (χ0v) is 14.1. The van der Waals surface area contributed by atoms with Gasteiger partial charge >= 0.3 is 0 Å². The molecule has 3 aromatic rings. The molecule has 0 radical (unpaired) electrons. The summed E-state index contributed by atoms with van der Waals surface area (Å²) in [7, 11) is 0. The summed E-state index contributed by atoms with van der Waals surface area (Å²) >= 11 is 7.56. The summed E-state index contributed by atoms with van der Waals surface area (Å²) in [4.78, 5) is 19.9. The van der Waals surface area contributed by atoms with Crippen molar-refractivity contribution in [3.8, 4) is 0 Å². The number of hydrogen-bond donors (Lipinski definition) is 0. The Morgan fingerprint density at radius 3 is 2.70 bits per heavy atom. The zero-order chi connectivity index (χ0) is 15.8. The Balaban J connectivity index is 1.45. The maximum atomic E-state index is 12.5. The average Bonchev–Trinajstić information content (AvgIpc) is 3.18. The third-order valence-electron chi connectivity index (χ3n) is 4.46. The lowest BCUT2D eigenvalue weighted by atomic mass is 9.93. The molecule has 3 heterocycles. The van der Waals surface area contributed by atoms with Crippen LogP contribution in [0.3, 0.4) is 0 Å². The van der Waals surface area contributed by atoms with Gasteiger partial charge in [0, 0.05) is 53.1 Å². The van der Waals surface area contributed by atoms with Crippen molar-refractivity contribution in [3.63, 3.8) is 0 Å². The maximum absolute atomic E-state index is 12.5. The second-order valence-corrected chi connectivity index (χ2v) is 7.09. The van der Waals surface area contributed by atoms with Gasteiger partial charge in [0.05, 0.1) is 0 Å². The van der Waals surface area contributed by atoms with Crippen molar-refractivity contribution in [2.45, 2.75) is 18.8 Å². The smallest absolute Gasteiger partial charge is 0.253 e. The highest BCUT2D eigenvalue weighted by atomic mass is 35.5. The van der Waals surface area contributed by atoms with E-state index < -0.39 is 0 Å². The standard InChI is InChI=1S/C17H16ClN3OS/c18-14-3-1-13(2-4-14)16(22)20-8-5-12(6-9-20)15-11-23-17-19-7-10-21(15)17/h1-4,7,10-12H,5-6,8-9H2. The Hall–Kier alpha value is -1.85. The third kappa shape index (κ3) is 2.75. The van der Waals surface area contributed by atoms with Crippen molar-refractivity contribution >= 4 is 33.8 Å². The Bertz CT molecular complexity index is 831. The van der Waals surface area contributed by atoms with E-state index in [2.05, 4.69) is 14.8 Å². The molecule has 4 nitrogen and oxygen atoms in total. The highest BCUT2D eigenvalue weighted by Crippen LogP contribution is 2.31. The molecule has 0 bridgehead atoms. The molecule has 0 aliphatic carbocycles. The van der Waals surface area contributed by atoms with Gasteiger partial charge in [0.25, 0.3) is 5.91 Å². The first-order valence-corrected chi connectivity index (χ1v) is 8.93. The van der Waals surface area contributed by atoms with Gasteiger partial charge < -0.3 is 4.90 Å². The molecule has 118 valence electrons. The number of halogens is 1. The van der Waals surface area contributed by atoms with Gasteiger partial charge in [-0.3, -0.25) is 9.20 Å². The largest absolute Gasteiger partial charge is 0.339 e. The highest BCUT2D eigenvalue weighted by Gasteiger charge is 2.26. The molecule has 4 rings (SSSR count). The SMILES string of the molecule is O=C(c1ccc(Cl)cc1)N1CCC(c2csc3nccn23)CC1. The Morgan fingerprint density at radius 1 is 1.22 bits per heavy atom. The Kier molecular flexibility index (Phi) is 3.83. The van der Waals surface area contributed by atoms with Crippen LogP contribution in [0, 0.1) is 0 Å². The first-order chi connectivity index (χ1) is 11.2. The molecule has 23 heavy (non-hydrogen) atoms. The molecule has 1 fully saturated rings. The molecule has 1 aliphatic heterocycles. The number of aromatic nitrogens is 2. The summed E-state index contributed by atoms with van der Waals surface area (Å²) in [6.07, 6.45) is 5.84. The van der Waals surface area contributed by atoms with E-state index in [1.165, 1.54) is 5.69 Å². The van der Waals surface area contributed by atoms with E-state index in [4.69, 9.17) is 11.6 Å². The number of nitrogens with zero attached hydrogens (tertiary/aromatic N) is 3. The molecular formula is C17H16ClN3OS. The van der Waals surface area contributed by atoms with Crippen LogP contribution in [0.4, 0.5) is 0 Å². The number of benzene rings is 1. The molecular weight excluding hydrogens is 330 g/mol. The predicted octanol–water partition coefficient (Wildman–Crippen LogP) is 4.07. The van der Waals surface area contributed by atoms with Crippen LogP contribution in [0.5, 0.6) is 0 Å². The molecule has 1 aromatic carbocycles. The van der Waals surface area contributed by atoms with Crippen LogP contribution >= 0.6 is 22.9 Å². The molecule has 0 saturated carbocycles. The molecule has 1 amide bonds. The van der Waals surface area contributed by atoms with Crippen LogP contribution in [-0.4, -0.2) is 33.3 Å². The minimum Gasteiger partial charge on any atom is -0.339 e. The maximum Gasteiger partial charge on any atom is 0.253 e. The summed E-state index contributed by atoms with van der Waals surface area (Å²) < 4.78 is 2.17. The quantitative estimate of drug-likeness (QED) is 0.702. The van der Waals surface area contributed by atoms with Crippen molar-refractivity contribution in [3.05, 3.63) is 58.3 Å². The van der Waals surface area contributed by atoms with Gasteiger partial charge in [-0.2, -0.15) is 0 Å². The summed E-state index contributed by atoms with van der Waals surface area (Å²) in [6.45, 7) is 1.58. The van der Waals surface area contributed by atoms with Crippen LogP contribution < -0.4 is 0 Å². The second kappa shape index (κ2) is 5.98. The van der Waals surface area contributed by atoms with E-state index in [0.717, 1.165) is 30.9 Å². The van der Waals surface area contributed by atoms with Crippen molar-refractivity contribution in [2.24, 2.45) is 0 Å². The summed E-state index contributed by atoms with van der Waals surface area (Å²) in [5.41, 5.74) is 2.03. The Morgan fingerprint density at radius 2 is 1.96 bits per heavy atom. The fourth-order valence-corrected chi connectivity index (χ4v) is 4.25. The lowest BCUT2D eigenvalue weighted by molar-refractivity contribution is 0.0712. The van der Waals surface area contributed by atoms with Crippen molar-refractivity contribution in [2.75, 3.05) is 13.1 Å². The molecule has 2 aromatic heterocycles. The second-order valence-electron chi connectivity index (χ2n) is 5.81. The van der Waals surface area contributed by atoms with Crippen molar-refractivity contribution < 1.29 is 4.79 Å². The third-order valence-corrected chi connectivity index (χ3v) is 5.59. The number of fused-ring (bicyclic) bond motifs is 1. The number of carbonyl (C=O) groups is 1. The zero-order valence-electron chi connectivity index (χ0n) is 12.5. The fraction of sp³-hybridized carbons (Fsp3) is 0.294. The lowest BCUT2D eigenvalue weighted by Crippen LogP contribution is -2.38. The van der Waals surface area contributed by atoms with E-state index in [1.54, 1.807) is 35.6 Å². The average molecular weight is 346 g/mol. The molecule has 0 unspecified atom stereocenters. The number of hydrogen-bond acceptors (Lipinski definition) is 3. The van der Waals surface area contributed by atoms with Crippen LogP contribution in [0.25, 0.3) is 4.96 Å². The van der Waals surface area contributed by atoms with E-state index >= 15 is 0 Å². The molecule has 0 N–H and O–H groups in total. The van der Waals surface area contributed by atoms with Gasteiger partial charge in [-0.25, -0.2) is 4.98 Å². The molecule has 0 atom stereocenters. The Labute approximate surface area is 143 Å². The minimum atomic E-state index is 0.0956. The van der Waals surface area contributed by atoms with Gasteiger partial charge in [-0.05, 0) is 37.1 Å². The van der Waals surface area contributed by atoms with Gasteiger partial charge in [-0.1, -0.05) is 11.6 Å².